The molecule has 1 aromatic carbocycles. The number of nitrogens with zero attached hydrogens (tertiary/aromatic N) is 2. The fourth-order valence-electron chi connectivity index (χ4n) is 3.06. The van der Waals surface area contributed by atoms with Gasteiger partial charge >= 0.3 is 0 Å². The highest BCUT2D eigenvalue weighted by atomic mass is 32.2. The molecule has 0 unspecified atom stereocenters. The van der Waals surface area contributed by atoms with Crippen LogP contribution in [0.2, 0.25) is 0 Å². The summed E-state index contributed by atoms with van der Waals surface area (Å²) in [4.78, 5) is 18.7. The summed E-state index contributed by atoms with van der Waals surface area (Å²) in [6, 6.07) is 6.31. The second kappa shape index (κ2) is 10.3. The summed E-state index contributed by atoms with van der Waals surface area (Å²) in [6.07, 6.45) is 10.9. The number of morpholine rings is 1. The van der Waals surface area contributed by atoms with E-state index >= 15 is 0 Å². The third-order valence-electron chi connectivity index (χ3n) is 4.59. The van der Waals surface area contributed by atoms with Crippen LogP contribution in [-0.2, 0) is 26.1 Å². The van der Waals surface area contributed by atoms with Crippen molar-refractivity contribution in [2.24, 2.45) is 0 Å². The summed E-state index contributed by atoms with van der Waals surface area (Å²) in [5.41, 5.74) is 0.904. The predicted molar refractivity (Wildman–Crippen MR) is 121 cm³/mol. The standard InChI is InChI=1S/C22H23FN4O4S/c1-3-18-12-17(13-19(23)22(18)26-32(2,29)30)15-25-21(28)7-5-16-4-6-20(24-14-16)27-8-10-31-11-9-27/h1,4-7,12-14,26H,8-11,15H2,2H3,(H,25,28). The first-order chi connectivity index (χ1) is 15.2. The number of anilines is 2. The molecule has 3 rings (SSSR count). The number of benzene rings is 1. The zero-order valence-electron chi connectivity index (χ0n) is 17.5. The maximum Gasteiger partial charge on any atom is 0.244 e. The Hall–Kier alpha value is -3.42. The van der Waals surface area contributed by atoms with E-state index in [1.54, 1.807) is 12.3 Å². The molecule has 10 heteroatoms. The minimum absolute atomic E-state index is 0.0160. The molecule has 32 heavy (non-hydrogen) atoms. The number of carbonyl (C=O) groups excluding carboxylic acids is 1. The van der Waals surface area contributed by atoms with Crippen LogP contribution in [0.5, 0.6) is 0 Å². The second-order valence-electron chi connectivity index (χ2n) is 7.12. The molecule has 1 aromatic heterocycles. The van der Waals surface area contributed by atoms with E-state index in [4.69, 9.17) is 11.2 Å². The Labute approximate surface area is 186 Å². The van der Waals surface area contributed by atoms with Crippen LogP contribution in [0.25, 0.3) is 6.08 Å². The molecule has 2 heterocycles. The number of hydrogen-bond acceptors (Lipinski definition) is 6. The van der Waals surface area contributed by atoms with E-state index in [-0.39, 0.29) is 23.7 Å². The molecule has 0 atom stereocenters. The Kier molecular flexibility index (Phi) is 7.45. The van der Waals surface area contributed by atoms with Crippen LogP contribution in [0.1, 0.15) is 16.7 Å². The lowest BCUT2D eigenvalue weighted by molar-refractivity contribution is -0.116. The Bertz CT molecular complexity index is 1150. The quantitative estimate of drug-likeness (QED) is 0.484. The van der Waals surface area contributed by atoms with Crippen LogP contribution in [0.3, 0.4) is 0 Å². The first-order valence-electron chi connectivity index (χ1n) is 9.76. The third kappa shape index (κ3) is 6.54. The van der Waals surface area contributed by atoms with Gasteiger partial charge in [-0.05, 0) is 41.5 Å². The molecule has 1 aliphatic heterocycles. The van der Waals surface area contributed by atoms with Crippen LogP contribution in [0.15, 0.2) is 36.5 Å². The highest BCUT2D eigenvalue weighted by Gasteiger charge is 2.14. The van der Waals surface area contributed by atoms with Crippen LogP contribution >= 0.6 is 0 Å². The molecule has 1 amide bonds. The predicted octanol–water partition coefficient (Wildman–Crippen LogP) is 1.74. The van der Waals surface area contributed by atoms with Gasteiger partial charge in [-0.15, -0.1) is 6.42 Å². The lowest BCUT2D eigenvalue weighted by Gasteiger charge is -2.27. The van der Waals surface area contributed by atoms with E-state index in [0.29, 0.717) is 18.8 Å². The number of halogens is 1. The number of nitrogens with one attached hydrogen (secondary N) is 2. The van der Waals surface area contributed by atoms with Gasteiger partial charge in [0.15, 0.2) is 0 Å². The molecule has 2 N–H and O–H groups in total. The second-order valence-corrected chi connectivity index (χ2v) is 8.87. The van der Waals surface area contributed by atoms with E-state index in [2.05, 4.69) is 25.8 Å². The van der Waals surface area contributed by atoms with Gasteiger partial charge in [0.25, 0.3) is 0 Å². The van der Waals surface area contributed by atoms with Crippen molar-refractivity contribution in [2.45, 2.75) is 6.54 Å². The SMILES string of the molecule is C#Cc1cc(CNC(=O)C=Cc2ccc(N3CCOCC3)nc2)cc(F)c1NS(C)(=O)=O. The molecule has 0 saturated carbocycles. The van der Waals surface area contributed by atoms with Crippen molar-refractivity contribution in [1.29, 1.82) is 0 Å². The van der Waals surface area contributed by atoms with Gasteiger partial charge in [0.2, 0.25) is 15.9 Å². The maximum atomic E-state index is 14.3. The Morgan fingerprint density at radius 3 is 2.72 bits per heavy atom. The first-order valence-corrected chi connectivity index (χ1v) is 11.7. The number of carbonyl (C=O) groups is 1. The van der Waals surface area contributed by atoms with Gasteiger partial charge in [0.1, 0.15) is 11.6 Å². The van der Waals surface area contributed by atoms with Crippen molar-refractivity contribution < 1.29 is 22.3 Å². The molecular formula is C22H23FN4O4S. The lowest BCUT2D eigenvalue weighted by Crippen LogP contribution is -2.36. The number of hydrogen-bond donors (Lipinski definition) is 2. The summed E-state index contributed by atoms with van der Waals surface area (Å²) in [7, 11) is -3.69. The van der Waals surface area contributed by atoms with Gasteiger partial charge in [0.05, 0.1) is 30.7 Å². The summed E-state index contributed by atoms with van der Waals surface area (Å²) in [6.45, 7) is 2.94. The third-order valence-corrected chi connectivity index (χ3v) is 5.17. The molecule has 168 valence electrons. The highest BCUT2D eigenvalue weighted by molar-refractivity contribution is 7.92. The van der Waals surface area contributed by atoms with E-state index in [0.717, 1.165) is 36.8 Å². The molecule has 0 radical (unpaired) electrons. The molecule has 1 saturated heterocycles. The van der Waals surface area contributed by atoms with Gasteiger partial charge in [0, 0.05) is 31.9 Å². The van der Waals surface area contributed by atoms with Crippen molar-refractivity contribution in [3.63, 3.8) is 0 Å². The number of sulfonamides is 1. The molecule has 0 aliphatic carbocycles. The van der Waals surface area contributed by atoms with Crippen LogP contribution < -0.4 is 14.9 Å². The minimum Gasteiger partial charge on any atom is -0.378 e. The number of ether oxygens (including phenoxy) is 1. The first kappa shape index (κ1) is 23.2. The summed E-state index contributed by atoms with van der Waals surface area (Å²) in [5.74, 6) is 1.90. The number of rotatable bonds is 7. The van der Waals surface area contributed by atoms with Crippen molar-refractivity contribution in [1.82, 2.24) is 10.3 Å². The van der Waals surface area contributed by atoms with Gasteiger partial charge in [-0.25, -0.2) is 17.8 Å². The average molecular weight is 459 g/mol. The molecule has 8 nitrogen and oxygen atoms in total. The largest absolute Gasteiger partial charge is 0.378 e. The fraction of sp³-hybridized carbons (Fsp3) is 0.273. The van der Waals surface area contributed by atoms with Crippen molar-refractivity contribution in [2.75, 3.05) is 42.2 Å². The van der Waals surface area contributed by atoms with Crippen molar-refractivity contribution in [3.8, 4) is 12.3 Å². The van der Waals surface area contributed by atoms with E-state index in [1.807, 2.05) is 12.1 Å². The van der Waals surface area contributed by atoms with Crippen molar-refractivity contribution in [3.05, 3.63) is 59.0 Å². The van der Waals surface area contributed by atoms with Crippen molar-refractivity contribution >= 4 is 33.5 Å². The smallest absolute Gasteiger partial charge is 0.244 e. The fourth-order valence-corrected chi connectivity index (χ4v) is 3.64. The molecule has 0 bridgehead atoms. The highest BCUT2D eigenvalue weighted by Crippen LogP contribution is 2.22. The summed E-state index contributed by atoms with van der Waals surface area (Å²) >= 11 is 0. The molecular weight excluding hydrogens is 435 g/mol. The van der Waals surface area contributed by atoms with Gasteiger partial charge < -0.3 is 15.0 Å². The van der Waals surface area contributed by atoms with Crippen LogP contribution in [0, 0.1) is 18.2 Å². The van der Waals surface area contributed by atoms with E-state index in [9.17, 15) is 17.6 Å². The van der Waals surface area contributed by atoms with Crippen LogP contribution in [-0.4, -0.2) is 51.9 Å². The lowest BCUT2D eigenvalue weighted by atomic mass is 10.1. The number of terminal acetylenes is 1. The monoisotopic (exact) mass is 458 g/mol. The molecule has 1 fully saturated rings. The number of pyridine rings is 1. The van der Waals surface area contributed by atoms with Gasteiger partial charge in [-0.3, -0.25) is 9.52 Å². The van der Waals surface area contributed by atoms with E-state index < -0.39 is 15.8 Å². The summed E-state index contributed by atoms with van der Waals surface area (Å²) in [5, 5.41) is 2.64. The maximum absolute atomic E-state index is 14.3. The summed E-state index contributed by atoms with van der Waals surface area (Å²) < 4.78 is 44.5. The Balaban J connectivity index is 1.59. The minimum atomic E-state index is -3.69. The van der Waals surface area contributed by atoms with Gasteiger partial charge in [-0.1, -0.05) is 5.92 Å². The zero-order valence-corrected chi connectivity index (χ0v) is 18.3. The van der Waals surface area contributed by atoms with Gasteiger partial charge in [-0.2, -0.15) is 0 Å². The Morgan fingerprint density at radius 2 is 2.09 bits per heavy atom. The number of amides is 1. The normalized spacial score (nSPS) is 14.2. The molecule has 1 aliphatic rings. The zero-order chi connectivity index (χ0) is 23.1. The molecule has 0 spiro atoms. The topological polar surface area (TPSA) is 101 Å². The molecule has 2 aromatic rings. The Morgan fingerprint density at radius 1 is 1.34 bits per heavy atom. The van der Waals surface area contributed by atoms with E-state index in [1.165, 1.54) is 12.1 Å². The number of aromatic nitrogens is 1. The van der Waals surface area contributed by atoms with Crippen LogP contribution in [0.4, 0.5) is 15.9 Å². The average Bonchev–Trinajstić information content (AvgIpc) is 2.78.